The first kappa shape index (κ1) is 16.4. The molecule has 0 bridgehead atoms. The van der Waals surface area contributed by atoms with Gasteiger partial charge in [-0.25, -0.2) is 0 Å². The molecule has 0 saturated heterocycles. The van der Waals surface area contributed by atoms with E-state index in [1.807, 2.05) is 12.1 Å². The Morgan fingerprint density at radius 2 is 1.71 bits per heavy atom. The van der Waals surface area contributed by atoms with Crippen LogP contribution < -0.4 is 5.32 Å². The average molecular weight is 325 g/mol. The van der Waals surface area contributed by atoms with E-state index in [-0.39, 0.29) is 35.8 Å². The summed E-state index contributed by atoms with van der Waals surface area (Å²) >= 11 is 0. The van der Waals surface area contributed by atoms with Crippen LogP contribution in [0.1, 0.15) is 49.1 Å². The number of para-hydroxylation sites is 1. The van der Waals surface area contributed by atoms with Crippen LogP contribution in [0.3, 0.4) is 0 Å². The van der Waals surface area contributed by atoms with E-state index in [4.69, 9.17) is 0 Å². The minimum atomic E-state index is -0.242. The van der Waals surface area contributed by atoms with Crippen molar-refractivity contribution in [1.29, 1.82) is 0 Å². The number of amides is 1. The highest BCUT2D eigenvalue weighted by molar-refractivity contribution is 5.78. The van der Waals surface area contributed by atoms with E-state index in [2.05, 4.69) is 5.32 Å². The van der Waals surface area contributed by atoms with Crippen LogP contribution in [-0.4, -0.2) is 22.2 Å². The standard InChI is InChI=1S/C20H23NO3/c22-16-11-9-14(10-12-16)18(17-7-3-4-8-19(17)23)13-20(24)21-15-5-1-2-6-15/h3-4,7-12,15,18,22-23H,1-2,5-6,13H2,(H,21,24). The number of aromatic hydroxyl groups is 2. The van der Waals surface area contributed by atoms with E-state index in [9.17, 15) is 15.0 Å². The van der Waals surface area contributed by atoms with Crippen LogP contribution in [0.15, 0.2) is 48.5 Å². The number of carbonyl (C=O) groups excluding carboxylic acids is 1. The van der Waals surface area contributed by atoms with Gasteiger partial charge in [0.05, 0.1) is 0 Å². The molecule has 1 amide bonds. The van der Waals surface area contributed by atoms with Crippen molar-refractivity contribution in [2.75, 3.05) is 0 Å². The van der Waals surface area contributed by atoms with Gasteiger partial charge in [-0.1, -0.05) is 43.2 Å². The lowest BCUT2D eigenvalue weighted by atomic mass is 9.87. The van der Waals surface area contributed by atoms with Crippen LogP contribution in [0.4, 0.5) is 0 Å². The maximum Gasteiger partial charge on any atom is 0.221 e. The smallest absolute Gasteiger partial charge is 0.221 e. The van der Waals surface area contributed by atoms with Crippen molar-refractivity contribution in [2.24, 2.45) is 0 Å². The molecule has 4 nitrogen and oxygen atoms in total. The van der Waals surface area contributed by atoms with Gasteiger partial charge in [-0.3, -0.25) is 4.79 Å². The Labute approximate surface area is 142 Å². The summed E-state index contributed by atoms with van der Waals surface area (Å²) in [5, 5.41) is 22.8. The second-order valence-electron chi connectivity index (χ2n) is 6.46. The Balaban J connectivity index is 1.83. The van der Waals surface area contributed by atoms with Gasteiger partial charge >= 0.3 is 0 Å². The molecule has 24 heavy (non-hydrogen) atoms. The predicted octanol–water partition coefficient (Wildman–Crippen LogP) is 3.68. The van der Waals surface area contributed by atoms with Crippen LogP contribution in [0.2, 0.25) is 0 Å². The SMILES string of the molecule is O=C(CC(c1ccc(O)cc1)c1ccccc1O)NC1CCCC1. The lowest BCUT2D eigenvalue weighted by Crippen LogP contribution is -2.33. The molecule has 2 aromatic carbocycles. The summed E-state index contributed by atoms with van der Waals surface area (Å²) in [4.78, 5) is 12.5. The molecule has 0 aliphatic heterocycles. The third-order valence-corrected chi connectivity index (χ3v) is 4.72. The summed E-state index contributed by atoms with van der Waals surface area (Å²) in [6.07, 6.45) is 4.72. The van der Waals surface area contributed by atoms with Crippen LogP contribution >= 0.6 is 0 Å². The summed E-state index contributed by atoms with van der Waals surface area (Å²) < 4.78 is 0. The minimum Gasteiger partial charge on any atom is -0.508 e. The van der Waals surface area contributed by atoms with Gasteiger partial charge in [-0.2, -0.15) is 0 Å². The molecule has 1 unspecified atom stereocenters. The first-order chi connectivity index (χ1) is 11.6. The third kappa shape index (κ3) is 3.88. The number of phenols is 2. The first-order valence-electron chi connectivity index (χ1n) is 8.49. The van der Waals surface area contributed by atoms with E-state index in [0.29, 0.717) is 0 Å². The van der Waals surface area contributed by atoms with Gasteiger partial charge in [0.2, 0.25) is 5.91 Å². The number of benzene rings is 2. The molecule has 1 saturated carbocycles. The highest BCUT2D eigenvalue weighted by atomic mass is 16.3. The molecule has 0 spiro atoms. The van der Waals surface area contributed by atoms with Crippen molar-refractivity contribution < 1.29 is 15.0 Å². The molecule has 0 heterocycles. The van der Waals surface area contributed by atoms with Gasteiger partial charge in [0, 0.05) is 23.9 Å². The summed E-state index contributed by atoms with van der Waals surface area (Å²) in [5.41, 5.74) is 1.63. The Bertz CT molecular complexity index is 690. The number of carbonyl (C=O) groups is 1. The number of rotatable bonds is 5. The maximum absolute atomic E-state index is 12.5. The predicted molar refractivity (Wildman–Crippen MR) is 93.1 cm³/mol. The van der Waals surface area contributed by atoms with Crippen molar-refractivity contribution in [3.05, 3.63) is 59.7 Å². The molecule has 0 radical (unpaired) electrons. The molecule has 4 heteroatoms. The molecule has 3 rings (SSSR count). The maximum atomic E-state index is 12.5. The quantitative estimate of drug-likeness (QED) is 0.785. The van der Waals surface area contributed by atoms with Crippen molar-refractivity contribution in [3.8, 4) is 11.5 Å². The fraction of sp³-hybridized carbons (Fsp3) is 0.350. The van der Waals surface area contributed by atoms with Crippen LogP contribution in [-0.2, 0) is 4.79 Å². The van der Waals surface area contributed by atoms with Gasteiger partial charge in [0.25, 0.3) is 0 Å². The number of nitrogens with one attached hydrogen (secondary N) is 1. The van der Waals surface area contributed by atoms with E-state index in [1.165, 1.54) is 12.8 Å². The lowest BCUT2D eigenvalue weighted by molar-refractivity contribution is -0.122. The molecule has 1 aliphatic rings. The first-order valence-corrected chi connectivity index (χ1v) is 8.49. The van der Waals surface area contributed by atoms with E-state index >= 15 is 0 Å². The van der Waals surface area contributed by atoms with E-state index in [0.717, 1.165) is 24.0 Å². The third-order valence-electron chi connectivity index (χ3n) is 4.72. The van der Waals surface area contributed by atoms with Gasteiger partial charge < -0.3 is 15.5 Å². The van der Waals surface area contributed by atoms with E-state index < -0.39 is 0 Å². The Morgan fingerprint density at radius 3 is 2.38 bits per heavy atom. The number of hydrogen-bond donors (Lipinski definition) is 3. The second-order valence-corrected chi connectivity index (χ2v) is 6.46. The average Bonchev–Trinajstić information content (AvgIpc) is 3.07. The van der Waals surface area contributed by atoms with Crippen LogP contribution in [0, 0.1) is 0 Å². The highest BCUT2D eigenvalue weighted by Crippen LogP contribution is 2.34. The van der Waals surface area contributed by atoms with E-state index in [1.54, 1.807) is 36.4 Å². The Hall–Kier alpha value is -2.49. The van der Waals surface area contributed by atoms with Crippen molar-refractivity contribution in [3.63, 3.8) is 0 Å². The monoisotopic (exact) mass is 325 g/mol. The summed E-state index contributed by atoms with van der Waals surface area (Å²) in [6, 6.07) is 14.2. The molecule has 0 aromatic heterocycles. The minimum absolute atomic E-state index is 0.00299. The van der Waals surface area contributed by atoms with Gasteiger partial charge in [0.1, 0.15) is 11.5 Å². The second kappa shape index (κ2) is 7.39. The largest absolute Gasteiger partial charge is 0.508 e. The summed E-state index contributed by atoms with van der Waals surface area (Å²) in [7, 11) is 0. The molecule has 1 atom stereocenters. The van der Waals surface area contributed by atoms with Crippen molar-refractivity contribution >= 4 is 5.91 Å². The fourth-order valence-corrected chi connectivity index (χ4v) is 3.44. The Kier molecular flexibility index (Phi) is 5.04. The molecule has 126 valence electrons. The van der Waals surface area contributed by atoms with Gasteiger partial charge in [0.15, 0.2) is 0 Å². The molecular weight excluding hydrogens is 302 g/mol. The molecule has 2 aromatic rings. The topological polar surface area (TPSA) is 69.6 Å². The summed E-state index contributed by atoms with van der Waals surface area (Å²) in [5.74, 6) is 0.130. The molecule has 1 fully saturated rings. The zero-order valence-corrected chi connectivity index (χ0v) is 13.6. The number of phenolic OH excluding ortho intramolecular Hbond substituents is 2. The molecular formula is C20H23NO3. The zero-order valence-electron chi connectivity index (χ0n) is 13.6. The zero-order chi connectivity index (χ0) is 16.9. The molecule has 3 N–H and O–H groups in total. The fourth-order valence-electron chi connectivity index (χ4n) is 3.44. The van der Waals surface area contributed by atoms with Crippen LogP contribution in [0.5, 0.6) is 11.5 Å². The lowest BCUT2D eigenvalue weighted by Gasteiger charge is -2.20. The van der Waals surface area contributed by atoms with Crippen LogP contribution in [0.25, 0.3) is 0 Å². The normalized spacial score (nSPS) is 16.0. The Morgan fingerprint density at radius 1 is 1.04 bits per heavy atom. The van der Waals surface area contributed by atoms with Gasteiger partial charge in [-0.05, 0) is 36.6 Å². The number of hydrogen-bond acceptors (Lipinski definition) is 3. The van der Waals surface area contributed by atoms with Gasteiger partial charge in [-0.15, -0.1) is 0 Å². The summed E-state index contributed by atoms with van der Waals surface area (Å²) in [6.45, 7) is 0. The highest BCUT2D eigenvalue weighted by Gasteiger charge is 2.23. The van der Waals surface area contributed by atoms with Crippen molar-refractivity contribution in [2.45, 2.75) is 44.1 Å². The molecule has 1 aliphatic carbocycles. The van der Waals surface area contributed by atoms with Crippen molar-refractivity contribution in [1.82, 2.24) is 5.32 Å².